The second-order valence-corrected chi connectivity index (χ2v) is 13.0. The van der Waals surface area contributed by atoms with Gasteiger partial charge in [0.2, 0.25) is 0 Å². The average Bonchev–Trinajstić information content (AvgIpc) is 2.87. The first kappa shape index (κ1) is 33.6. The third kappa shape index (κ3) is 8.19. The minimum atomic E-state index is -0.294. The van der Waals surface area contributed by atoms with Crippen molar-refractivity contribution >= 4 is 11.4 Å². The first-order chi connectivity index (χ1) is 18.2. The first-order valence-corrected chi connectivity index (χ1v) is 14.3. The third-order valence-corrected chi connectivity index (χ3v) is 7.62. The summed E-state index contributed by atoms with van der Waals surface area (Å²) in [6.07, 6.45) is 7.82. The Morgan fingerprint density at radius 2 is 1.43 bits per heavy atom. The van der Waals surface area contributed by atoms with Gasteiger partial charge in [-0.2, -0.15) is 0 Å². The molecule has 1 heterocycles. The van der Waals surface area contributed by atoms with Gasteiger partial charge in [-0.15, -0.1) is 11.5 Å². The molecule has 0 saturated heterocycles. The molecule has 0 atom stereocenters. The van der Waals surface area contributed by atoms with Crippen LogP contribution in [-0.2, 0) is 27.3 Å². The molecule has 1 saturated carbocycles. The third-order valence-electron chi connectivity index (χ3n) is 7.62. The molecule has 218 valence electrons. The summed E-state index contributed by atoms with van der Waals surface area (Å²) in [7, 11) is 0. The SMILES string of the molecule is CC(=Nc1c(C)cccc1C)c1ccccn1.CC(C)(C)c1cc(C2CCCCC2)c(C(C)(C)C)c([O-])c1[O-].[Ni+2]. The number of para-hydroxylation sites is 1. The summed E-state index contributed by atoms with van der Waals surface area (Å²) in [6.45, 7) is 18.4. The molecule has 2 aromatic carbocycles. The fourth-order valence-corrected chi connectivity index (χ4v) is 5.51. The van der Waals surface area contributed by atoms with Crippen LogP contribution >= 0.6 is 0 Å². The molecule has 0 unspecified atom stereocenters. The number of rotatable bonds is 3. The topological polar surface area (TPSA) is 71.4 Å². The number of aryl methyl sites for hydroxylation is 2. The Morgan fingerprint density at radius 1 is 0.825 bits per heavy atom. The molecule has 40 heavy (non-hydrogen) atoms. The summed E-state index contributed by atoms with van der Waals surface area (Å²) in [5.74, 6) is -0.116. The van der Waals surface area contributed by atoms with Crippen LogP contribution in [0, 0.1) is 13.8 Å². The zero-order valence-electron chi connectivity index (χ0n) is 25.8. The summed E-state index contributed by atoms with van der Waals surface area (Å²) in [4.78, 5) is 8.99. The van der Waals surface area contributed by atoms with E-state index in [9.17, 15) is 10.2 Å². The zero-order chi connectivity index (χ0) is 29.0. The van der Waals surface area contributed by atoms with Crippen LogP contribution in [0.1, 0.15) is 120 Å². The molecule has 0 spiro atoms. The van der Waals surface area contributed by atoms with E-state index in [2.05, 4.69) is 48.1 Å². The normalized spacial score (nSPS) is 14.7. The van der Waals surface area contributed by atoms with Crippen molar-refractivity contribution in [2.75, 3.05) is 0 Å². The standard InChI is InChI=1S/C20H32O2.C15H16N2.Ni/c1-19(2,3)15-12-14(13-10-8-7-9-11-13)16(20(4,5)6)18(22)17(15)21;1-11-7-6-8-12(2)15(11)17-13(3)14-9-4-5-10-16-14;/h12-13,21-22H,7-11H2,1-6H3;4-10H,1-3H3;/q;;+2/p-2. The minimum Gasteiger partial charge on any atom is -0.873 e. The van der Waals surface area contributed by atoms with E-state index in [1.54, 1.807) is 6.20 Å². The van der Waals surface area contributed by atoms with E-state index in [1.807, 2.05) is 66.7 Å². The summed E-state index contributed by atoms with van der Waals surface area (Å²) in [5, 5.41) is 25.4. The van der Waals surface area contributed by atoms with Crippen LogP contribution in [0.4, 0.5) is 5.69 Å². The zero-order valence-corrected chi connectivity index (χ0v) is 26.7. The fraction of sp³-hybridized carbons (Fsp3) is 0.486. The van der Waals surface area contributed by atoms with Gasteiger partial charge in [0.25, 0.3) is 0 Å². The molecule has 3 aromatic rings. The molecule has 0 N–H and O–H groups in total. The number of benzene rings is 2. The van der Waals surface area contributed by atoms with E-state index in [0.29, 0.717) is 11.5 Å². The van der Waals surface area contributed by atoms with E-state index in [-0.39, 0.29) is 38.8 Å². The molecule has 4 rings (SSSR count). The van der Waals surface area contributed by atoms with Crippen molar-refractivity contribution in [3.8, 4) is 11.5 Å². The summed E-state index contributed by atoms with van der Waals surface area (Å²) >= 11 is 0. The number of pyridine rings is 1. The average molecular weight is 585 g/mol. The summed E-state index contributed by atoms with van der Waals surface area (Å²) in [6, 6.07) is 14.2. The van der Waals surface area contributed by atoms with Crippen LogP contribution in [0.3, 0.4) is 0 Å². The molecular weight excluding hydrogens is 539 g/mol. The Labute approximate surface area is 252 Å². The van der Waals surface area contributed by atoms with Crippen LogP contribution in [-0.4, -0.2) is 10.7 Å². The van der Waals surface area contributed by atoms with Gasteiger partial charge in [0.15, 0.2) is 0 Å². The Kier molecular flexibility index (Phi) is 11.6. The second kappa shape index (κ2) is 13.8. The predicted octanol–water partition coefficient (Wildman–Crippen LogP) is 8.31. The summed E-state index contributed by atoms with van der Waals surface area (Å²) < 4.78 is 0. The van der Waals surface area contributed by atoms with Crippen molar-refractivity contribution in [1.29, 1.82) is 0 Å². The van der Waals surface area contributed by atoms with Gasteiger partial charge in [0, 0.05) is 6.20 Å². The molecule has 5 heteroatoms. The molecule has 0 amide bonds. The van der Waals surface area contributed by atoms with Crippen molar-refractivity contribution in [1.82, 2.24) is 4.98 Å². The maximum absolute atomic E-state index is 12.8. The Morgan fingerprint density at radius 3 is 1.93 bits per heavy atom. The van der Waals surface area contributed by atoms with Crippen molar-refractivity contribution in [3.05, 3.63) is 82.2 Å². The number of nitrogens with zero attached hydrogens (tertiary/aromatic N) is 2. The van der Waals surface area contributed by atoms with Gasteiger partial charge in [-0.05, 0) is 84.7 Å². The van der Waals surface area contributed by atoms with Gasteiger partial charge in [-0.1, -0.05) is 96.7 Å². The second-order valence-electron chi connectivity index (χ2n) is 13.0. The Bertz CT molecular complexity index is 1280. The molecule has 1 fully saturated rings. The van der Waals surface area contributed by atoms with Gasteiger partial charge in [0.1, 0.15) is 0 Å². The largest absolute Gasteiger partial charge is 2.00 e. The van der Waals surface area contributed by atoms with Crippen LogP contribution < -0.4 is 10.2 Å². The van der Waals surface area contributed by atoms with E-state index in [0.717, 1.165) is 41.1 Å². The van der Waals surface area contributed by atoms with Gasteiger partial charge in [-0.3, -0.25) is 9.98 Å². The fourth-order valence-electron chi connectivity index (χ4n) is 5.51. The predicted molar refractivity (Wildman–Crippen MR) is 161 cm³/mol. The van der Waals surface area contributed by atoms with Crippen LogP contribution in [0.25, 0.3) is 0 Å². The minimum absolute atomic E-state index is 0. The van der Waals surface area contributed by atoms with Crippen molar-refractivity contribution in [2.45, 2.75) is 111 Å². The summed E-state index contributed by atoms with van der Waals surface area (Å²) in [5.41, 5.74) is 7.36. The number of aliphatic imine (C=N–C) groups is 1. The quantitative estimate of drug-likeness (QED) is 0.229. The van der Waals surface area contributed by atoms with Crippen molar-refractivity contribution in [2.24, 2.45) is 4.99 Å². The molecule has 0 bridgehead atoms. The van der Waals surface area contributed by atoms with Gasteiger partial charge in [-0.25, -0.2) is 0 Å². The van der Waals surface area contributed by atoms with Crippen LogP contribution in [0.2, 0.25) is 0 Å². The molecule has 4 nitrogen and oxygen atoms in total. The van der Waals surface area contributed by atoms with E-state index in [1.165, 1.54) is 30.4 Å². The van der Waals surface area contributed by atoms with Gasteiger partial charge >= 0.3 is 16.5 Å². The molecule has 0 radical (unpaired) electrons. The van der Waals surface area contributed by atoms with E-state index >= 15 is 0 Å². The molecule has 1 aromatic heterocycles. The number of hydrogen-bond donors (Lipinski definition) is 0. The van der Waals surface area contributed by atoms with Crippen LogP contribution in [0.15, 0.2) is 53.7 Å². The molecular formula is C35H46N2NiO2. The maximum atomic E-state index is 12.8. The van der Waals surface area contributed by atoms with Gasteiger partial charge in [0.05, 0.1) is 17.1 Å². The molecule has 1 aliphatic rings. The number of aromatic nitrogens is 1. The molecule has 0 aliphatic heterocycles. The molecule has 1 aliphatic carbocycles. The Balaban J connectivity index is 0.000000282. The first-order valence-electron chi connectivity index (χ1n) is 14.3. The number of hydrogen-bond acceptors (Lipinski definition) is 4. The van der Waals surface area contributed by atoms with Crippen molar-refractivity contribution < 1.29 is 26.7 Å². The smallest absolute Gasteiger partial charge is 0.873 e. The van der Waals surface area contributed by atoms with E-state index in [4.69, 9.17) is 0 Å². The van der Waals surface area contributed by atoms with Gasteiger partial charge < -0.3 is 10.2 Å². The van der Waals surface area contributed by atoms with E-state index < -0.39 is 0 Å². The van der Waals surface area contributed by atoms with Crippen LogP contribution in [0.5, 0.6) is 11.5 Å². The van der Waals surface area contributed by atoms with Crippen molar-refractivity contribution in [3.63, 3.8) is 0 Å². The maximum Gasteiger partial charge on any atom is 2.00 e. The Hall–Kier alpha value is -2.65. The monoisotopic (exact) mass is 584 g/mol.